The van der Waals surface area contributed by atoms with E-state index in [1.807, 2.05) is 93.5 Å². The number of hydrogen-bond acceptors (Lipinski definition) is 8. The van der Waals surface area contributed by atoms with E-state index >= 15 is 0 Å². The van der Waals surface area contributed by atoms with Crippen molar-refractivity contribution in [3.8, 4) is 0 Å². The number of aryl methyl sites for hydroxylation is 4. The molecule has 4 amide bonds. The minimum atomic E-state index is -0.202. The summed E-state index contributed by atoms with van der Waals surface area (Å²) in [5.74, 6) is -0.382. The van der Waals surface area contributed by atoms with E-state index in [2.05, 4.69) is 42.5 Å². The molecule has 0 radical (unpaired) electrons. The van der Waals surface area contributed by atoms with Crippen LogP contribution in [0.15, 0.2) is 72.8 Å². The lowest BCUT2D eigenvalue weighted by atomic mass is 9.91. The third-order valence-electron chi connectivity index (χ3n) is 15.2. The van der Waals surface area contributed by atoms with E-state index in [4.69, 9.17) is 0 Å². The molecule has 16 heteroatoms. The van der Waals surface area contributed by atoms with Gasteiger partial charge in [0.05, 0.1) is 0 Å². The molecule has 8 N–H and O–H groups in total. The number of benzene rings is 4. The lowest BCUT2D eigenvalue weighted by Crippen LogP contribution is -2.45. The van der Waals surface area contributed by atoms with Crippen LogP contribution in [0.1, 0.15) is 174 Å². The van der Waals surface area contributed by atoms with Crippen LogP contribution < -0.4 is 42.5 Å². The molecule has 4 heterocycles. The minimum Gasteiger partial charge on any atom is -0.353 e. The molecule has 4 aromatic rings. The molecule has 4 aliphatic heterocycles. The van der Waals surface area contributed by atoms with Gasteiger partial charge in [0, 0.05) is 73.0 Å². The number of hydrogen-bond donors (Lipinski definition) is 8. The molecule has 0 spiro atoms. The van der Waals surface area contributed by atoms with Gasteiger partial charge in [-0.25, -0.2) is 17.6 Å². The second kappa shape index (κ2) is 31.2. The van der Waals surface area contributed by atoms with Gasteiger partial charge in [-0.2, -0.15) is 0 Å². The van der Waals surface area contributed by atoms with Gasteiger partial charge < -0.3 is 42.5 Å². The molecule has 4 fully saturated rings. The van der Waals surface area contributed by atoms with E-state index < -0.39 is 0 Å². The fourth-order valence-corrected chi connectivity index (χ4v) is 10.7. The molecule has 0 bridgehead atoms. The van der Waals surface area contributed by atoms with Crippen molar-refractivity contribution < 1.29 is 36.7 Å². The summed E-state index contributed by atoms with van der Waals surface area (Å²) in [4.78, 5) is 46.5. The largest absolute Gasteiger partial charge is 0.353 e. The van der Waals surface area contributed by atoms with E-state index in [0.717, 1.165) is 122 Å². The van der Waals surface area contributed by atoms with E-state index in [0.29, 0.717) is 12.8 Å². The van der Waals surface area contributed by atoms with Gasteiger partial charge in [0.2, 0.25) is 23.6 Å². The molecule has 428 valence electrons. The van der Waals surface area contributed by atoms with Crippen molar-refractivity contribution in [2.45, 2.75) is 182 Å². The van der Waals surface area contributed by atoms with Crippen LogP contribution in [0.4, 0.5) is 17.6 Å². The van der Waals surface area contributed by atoms with E-state index in [1.165, 1.54) is 24.3 Å². The molecule has 0 aliphatic carbocycles. The highest BCUT2D eigenvalue weighted by Gasteiger charge is 2.29. The SMILES string of the molecule is CCC(=O)N[C@@H]1CCN[C@@H](c2ccc(F)cc2C)C1.CCC(=O)N[C@H]1CCN[C@H](c2ccc(F)cc2C)C1.Cc1cc(F)ccc1[C@@H]1C[C@@H](NC(=O)C(C)C)CCN1.Cc1cc(F)ccc1[C@H]1C[C@H](NC(=O)C(C)C)CCN1. The summed E-state index contributed by atoms with van der Waals surface area (Å²) in [7, 11) is 0. The minimum absolute atomic E-state index is 0.0101. The summed E-state index contributed by atoms with van der Waals surface area (Å²) < 4.78 is 52.6. The summed E-state index contributed by atoms with van der Waals surface area (Å²) in [5, 5.41) is 26.1. The summed E-state index contributed by atoms with van der Waals surface area (Å²) in [6, 6.07) is 21.2. The van der Waals surface area contributed by atoms with Gasteiger partial charge >= 0.3 is 0 Å². The number of nitrogens with one attached hydrogen (secondary N) is 8. The predicted molar refractivity (Wildman–Crippen MR) is 302 cm³/mol. The van der Waals surface area contributed by atoms with Crippen LogP contribution in [-0.2, 0) is 19.2 Å². The maximum atomic E-state index is 13.2. The maximum absolute atomic E-state index is 13.2. The zero-order valence-corrected chi connectivity index (χ0v) is 47.7. The van der Waals surface area contributed by atoms with Crippen molar-refractivity contribution in [1.29, 1.82) is 0 Å². The molecular weight excluding hydrogens is 997 g/mol. The molecule has 4 saturated heterocycles. The first-order chi connectivity index (χ1) is 37.1. The fraction of sp³-hybridized carbons (Fsp3) is 0.548. The zero-order chi connectivity index (χ0) is 57.1. The van der Waals surface area contributed by atoms with Crippen LogP contribution in [0.25, 0.3) is 0 Å². The van der Waals surface area contributed by atoms with Crippen LogP contribution in [0, 0.1) is 62.8 Å². The van der Waals surface area contributed by atoms with Gasteiger partial charge in [-0.05, 0) is 198 Å². The number of halogens is 4. The summed E-state index contributed by atoms with van der Waals surface area (Å²) >= 11 is 0. The number of amides is 4. The van der Waals surface area contributed by atoms with Gasteiger partial charge in [0.15, 0.2) is 0 Å². The highest BCUT2D eigenvalue weighted by atomic mass is 19.1. The van der Waals surface area contributed by atoms with Gasteiger partial charge in [-0.1, -0.05) is 65.8 Å². The van der Waals surface area contributed by atoms with E-state index in [9.17, 15) is 36.7 Å². The smallest absolute Gasteiger partial charge is 0.222 e. The lowest BCUT2D eigenvalue weighted by molar-refractivity contribution is -0.125. The summed E-state index contributed by atoms with van der Waals surface area (Å²) in [6.07, 6.45) is 8.23. The highest BCUT2D eigenvalue weighted by Crippen LogP contribution is 2.30. The Morgan fingerprint density at radius 2 is 0.654 bits per heavy atom. The molecule has 0 saturated carbocycles. The number of carbonyl (C=O) groups excluding carboxylic acids is 4. The number of piperidine rings is 4. The van der Waals surface area contributed by atoms with Crippen molar-refractivity contribution >= 4 is 23.6 Å². The van der Waals surface area contributed by atoms with Crippen LogP contribution in [-0.4, -0.2) is 74.0 Å². The van der Waals surface area contributed by atoms with Crippen LogP contribution in [0.5, 0.6) is 0 Å². The Labute approximate surface area is 461 Å². The predicted octanol–water partition coefficient (Wildman–Crippen LogP) is 10.3. The Morgan fingerprint density at radius 3 is 0.859 bits per heavy atom. The average Bonchev–Trinajstić information content (AvgIpc) is 3.44. The van der Waals surface area contributed by atoms with Gasteiger partial charge in [-0.15, -0.1) is 0 Å². The molecule has 4 aliphatic rings. The van der Waals surface area contributed by atoms with Crippen LogP contribution in [0.3, 0.4) is 0 Å². The van der Waals surface area contributed by atoms with E-state index in [1.54, 1.807) is 24.3 Å². The molecule has 8 atom stereocenters. The Bertz CT molecular complexity index is 2420. The number of rotatable bonds is 12. The molecule has 8 rings (SSSR count). The Balaban J connectivity index is 0.000000192. The Kier molecular flexibility index (Phi) is 25.3. The summed E-state index contributed by atoms with van der Waals surface area (Å²) in [5.41, 5.74) is 8.31. The molecular formula is C62H88F4N8O4. The van der Waals surface area contributed by atoms with Crippen molar-refractivity contribution in [2.75, 3.05) is 26.2 Å². The van der Waals surface area contributed by atoms with Gasteiger partial charge in [-0.3, -0.25) is 19.2 Å². The third-order valence-corrected chi connectivity index (χ3v) is 15.2. The summed E-state index contributed by atoms with van der Waals surface area (Å²) in [6.45, 7) is 22.5. The topological polar surface area (TPSA) is 165 Å². The van der Waals surface area contributed by atoms with Crippen LogP contribution in [0.2, 0.25) is 0 Å². The van der Waals surface area contributed by atoms with Gasteiger partial charge in [0.1, 0.15) is 23.3 Å². The Hall–Kier alpha value is -5.68. The third kappa shape index (κ3) is 19.9. The first-order valence-corrected chi connectivity index (χ1v) is 28.3. The zero-order valence-electron chi connectivity index (χ0n) is 47.7. The van der Waals surface area contributed by atoms with Crippen molar-refractivity contribution in [3.05, 3.63) is 141 Å². The van der Waals surface area contributed by atoms with Gasteiger partial charge in [0.25, 0.3) is 0 Å². The molecule has 0 aromatic heterocycles. The van der Waals surface area contributed by atoms with Crippen molar-refractivity contribution in [2.24, 2.45) is 11.8 Å². The highest BCUT2D eigenvalue weighted by molar-refractivity contribution is 5.78. The Morgan fingerprint density at radius 1 is 0.423 bits per heavy atom. The molecule has 0 unspecified atom stereocenters. The monoisotopic (exact) mass is 1080 g/mol. The standard InChI is InChI=1S/2C16H23FN2O.2C15H21FN2O/c2*1-10(2)16(20)19-13-6-7-18-15(9-13)14-5-4-12(17)8-11(14)3;2*1-3-15(19)18-12-6-7-17-14(9-12)13-5-4-11(16)8-10(13)2/h2*4-5,8,10,13,15,18H,6-7,9H2,1-3H3,(H,19,20);2*4-5,8,12,14,17H,3,6-7,9H2,1-2H3,(H,18,19)/t2*13-,15-;2*12-,14-/m1010/s1. The second-order valence-corrected chi connectivity index (χ2v) is 22.1. The first kappa shape index (κ1) is 63.2. The first-order valence-electron chi connectivity index (χ1n) is 28.3. The van der Waals surface area contributed by atoms with Crippen molar-refractivity contribution in [3.63, 3.8) is 0 Å². The van der Waals surface area contributed by atoms with Crippen LogP contribution >= 0.6 is 0 Å². The molecule has 12 nitrogen and oxygen atoms in total. The normalized spacial score (nSPS) is 23.0. The molecule has 78 heavy (non-hydrogen) atoms. The fourth-order valence-electron chi connectivity index (χ4n) is 10.7. The van der Waals surface area contributed by atoms with Crippen molar-refractivity contribution in [1.82, 2.24) is 42.5 Å². The number of carbonyl (C=O) groups is 4. The molecule has 4 aromatic carbocycles. The lowest BCUT2D eigenvalue weighted by Gasteiger charge is -2.32. The van der Waals surface area contributed by atoms with E-state index in [-0.39, 0.29) is 107 Å². The average molecular weight is 1090 g/mol. The maximum Gasteiger partial charge on any atom is 0.222 e. The quantitative estimate of drug-likeness (QED) is 0.0650. The second-order valence-electron chi connectivity index (χ2n) is 22.1.